The lowest BCUT2D eigenvalue weighted by Gasteiger charge is -2.14. The van der Waals surface area contributed by atoms with Crippen LogP contribution in [0, 0.1) is 5.82 Å². The molecule has 0 saturated carbocycles. The summed E-state index contributed by atoms with van der Waals surface area (Å²) in [5.41, 5.74) is -0.609. The summed E-state index contributed by atoms with van der Waals surface area (Å²) in [4.78, 5) is 11.8. The van der Waals surface area contributed by atoms with Gasteiger partial charge in [0.2, 0.25) is 0 Å². The van der Waals surface area contributed by atoms with E-state index in [1.54, 1.807) is 0 Å². The monoisotopic (exact) mass is 330 g/mol. The number of carboxylic acids is 1. The fourth-order valence-electron chi connectivity index (χ4n) is 1.76. The topological polar surface area (TPSA) is 37.3 Å². The lowest BCUT2D eigenvalue weighted by atomic mass is 10.1. The van der Waals surface area contributed by atoms with Gasteiger partial charge in [-0.3, -0.25) is 4.79 Å². The van der Waals surface area contributed by atoms with Gasteiger partial charge in [0.05, 0.1) is 5.56 Å². The van der Waals surface area contributed by atoms with Crippen molar-refractivity contribution in [3.8, 4) is 0 Å². The summed E-state index contributed by atoms with van der Waals surface area (Å²) < 4.78 is 50.4. The molecular weight excluding hydrogens is 320 g/mol. The van der Waals surface area contributed by atoms with Crippen molar-refractivity contribution < 1.29 is 27.5 Å². The van der Waals surface area contributed by atoms with E-state index in [1.165, 1.54) is 24.3 Å². The molecule has 0 aliphatic rings. The minimum atomic E-state index is -4.47. The first-order valence-corrected chi connectivity index (χ1v) is 6.97. The highest BCUT2D eigenvalue weighted by Gasteiger charge is 2.31. The third-order valence-electron chi connectivity index (χ3n) is 2.83. The van der Waals surface area contributed by atoms with E-state index in [0.717, 1.165) is 36.0 Å². The SMILES string of the molecule is O=C(O)C(Sc1ccc(F)cc1)c1ccc(C(F)(F)F)cc1. The molecule has 0 spiro atoms. The van der Waals surface area contributed by atoms with E-state index in [0.29, 0.717) is 4.90 Å². The summed E-state index contributed by atoms with van der Waals surface area (Å²) in [6, 6.07) is 9.17. The van der Waals surface area contributed by atoms with E-state index in [2.05, 4.69) is 0 Å². The van der Waals surface area contributed by atoms with Crippen molar-refractivity contribution in [3.63, 3.8) is 0 Å². The van der Waals surface area contributed by atoms with Crippen molar-refractivity contribution in [2.45, 2.75) is 16.3 Å². The van der Waals surface area contributed by atoms with Gasteiger partial charge >= 0.3 is 12.1 Å². The van der Waals surface area contributed by atoms with Crippen LogP contribution in [0.4, 0.5) is 17.6 Å². The van der Waals surface area contributed by atoms with E-state index in [9.17, 15) is 27.5 Å². The number of alkyl halides is 3. The van der Waals surface area contributed by atoms with Gasteiger partial charge in [-0.1, -0.05) is 12.1 Å². The van der Waals surface area contributed by atoms with Gasteiger partial charge in [0.15, 0.2) is 0 Å². The Balaban J connectivity index is 2.24. The number of thioether (sulfide) groups is 1. The molecule has 0 aromatic heterocycles. The second-order valence-corrected chi connectivity index (χ2v) is 5.59. The maximum absolute atomic E-state index is 12.8. The number of carboxylic acid groups (broad SMARTS) is 1. The zero-order chi connectivity index (χ0) is 16.3. The average molecular weight is 330 g/mol. The Morgan fingerprint density at radius 1 is 1.00 bits per heavy atom. The minimum Gasteiger partial charge on any atom is -0.480 e. The molecule has 0 amide bonds. The van der Waals surface area contributed by atoms with Gasteiger partial charge in [0.25, 0.3) is 0 Å². The molecule has 2 aromatic rings. The smallest absolute Gasteiger partial charge is 0.416 e. The van der Waals surface area contributed by atoms with Crippen molar-refractivity contribution in [2.24, 2.45) is 0 Å². The van der Waals surface area contributed by atoms with Crippen LogP contribution >= 0.6 is 11.8 Å². The lowest BCUT2D eigenvalue weighted by molar-refractivity contribution is -0.137. The van der Waals surface area contributed by atoms with Crippen LogP contribution in [0.25, 0.3) is 0 Å². The van der Waals surface area contributed by atoms with Crippen molar-refractivity contribution in [3.05, 3.63) is 65.5 Å². The predicted molar refractivity (Wildman–Crippen MR) is 74.1 cm³/mol. The number of rotatable bonds is 4. The molecule has 22 heavy (non-hydrogen) atoms. The molecule has 0 aliphatic heterocycles. The molecule has 1 atom stereocenters. The highest BCUT2D eigenvalue weighted by molar-refractivity contribution is 8.00. The van der Waals surface area contributed by atoms with Crippen molar-refractivity contribution in [1.29, 1.82) is 0 Å². The molecule has 0 aliphatic carbocycles. The predicted octanol–water partition coefficient (Wildman–Crippen LogP) is 4.76. The third-order valence-corrected chi connectivity index (χ3v) is 4.09. The average Bonchev–Trinajstić information content (AvgIpc) is 2.45. The Morgan fingerprint density at radius 3 is 2.00 bits per heavy atom. The molecule has 7 heteroatoms. The van der Waals surface area contributed by atoms with Gasteiger partial charge in [-0.25, -0.2) is 4.39 Å². The van der Waals surface area contributed by atoms with Crippen LogP contribution in [-0.4, -0.2) is 11.1 Å². The molecule has 0 heterocycles. The Labute approximate surface area is 127 Å². The molecule has 2 rings (SSSR count). The summed E-state index contributed by atoms with van der Waals surface area (Å²) in [6.45, 7) is 0. The maximum atomic E-state index is 12.8. The normalized spacial score (nSPS) is 12.9. The number of carbonyl (C=O) groups is 1. The second kappa shape index (κ2) is 6.39. The summed E-state index contributed by atoms with van der Waals surface area (Å²) >= 11 is 0.925. The van der Waals surface area contributed by atoms with Gasteiger partial charge in [0, 0.05) is 4.90 Å². The number of hydrogen-bond donors (Lipinski definition) is 1. The zero-order valence-electron chi connectivity index (χ0n) is 11.0. The molecule has 2 aromatic carbocycles. The maximum Gasteiger partial charge on any atom is 0.416 e. The molecule has 0 fully saturated rings. The van der Waals surface area contributed by atoms with Gasteiger partial charge < -0.3 is 5.11 Å². The summed E-state index contributed by atoms with van der Waals surface area (Å²) in [5.74, 6) is -1.64. The quantitative estimate of drug-likeness (QED) is 0.648. The fraction of sp³-hybridized carbons (Fsp3) is 0.133. The number of halogens is 4. The van der Waals surface area contributed by atoms with Crippen LogP contribution in [-0.2, 0) is 11.0 Å². The first-order valence-electron chi connectivity index (χ1n) is 6.09. The van der Waals surface area contributed by atoms with E-state index in [-0.39, 0.29) is 5.56 Å². The highest BCUT2D eigenvalue weighted by atomic mass is 32.2. The van der Waals surface area contributed by atoms with Crippen LogP contribution in [0.1, 0.15) is 16.4 Å². The van der Waals surface area contributed by atoms with E-state index < -0.39 is 28.8 Å². The molecule has 116 valence electrons. The number of benzene rings is 2. The van der Waals surface area contributed by atoms with Crippen LogP contribution in [0.2, 0.25) is 0 Å². The van der Waals surface area contributed by atoms with Gasteiger partial charge in [-0.05, 0) is 42.0 Å². The standard InChI is InChI=1S/C15H10F4O2S/c16-11-5-7-12(8-6-11)22-13(14(20)21)9-1-3-10(4-2-9)15(17,18)19/h1-8,13H,(H,20,21). The van der Waals surface area contributed by atoms with Crippen molar-refractivity contribution in [1.82, 2.24) is 0 Å². The summed E-state index contributed by atoms with van der Waals surface area (Å²) in [7, 11) is 0. The third kappa shape index (κ3) is 4.00. The van der Waals surface area contributed by atoms with Gasteiger partial charge in [-0.2, -0.15) is 13.2 Å². The van der Waals surface area contributed by atoms with Crippen LogP contribution in [0.5, 0.6) is 0 Å². The molecule has 0 saturated heterocycles. The molecular formula is C15H10F4O2S. The van der Waals surface area contributed by atoms with Crippen molar-refractivity contribution in [2.75, 3.05) is 0 Å². The number of hydrogen-bond acceptors (Lipinski definition) is 2. The molecule has 2 nitrogen and oxygen atoms in total. The molecule has 1 N–H and O–H groups in total. The zero-order valence-corrected chi connectivity index (χ0v) is 11.8. The molecule has 0 radical (unpaired) electrons. The fourth-order valence-corrected chi connectivity index (χ4v) is 2.72. The van der Waals surface area contributed by atoms with E-state index in [4.69, 9.17) is 0 Å². The Bertz CT molecular complexity index is 651. The minimum absolute atomic E-state index is 0.231. The van der Waals surface area contributed by atoms with Gasteiger partial charge in [0.1, 0.15) is 11.1 Å². The Hall–Kier alpha value is -2.02. The van der Waals surface area contributed by atoms with Crippen LogP contribution in [0.3, 0.4) is 0 Å². The first-order chi connectivity index (χ1) is 10.3. The molecule has 0 bridgehead atoms. The van der Waals surface area contributed by atoms with E-state index in [1.807, 2.05) is 0 Å². The van der Waals surface area contributed by atoms with Crippen LogP contribution < -0.4 is 0 Å². The summed E-state index contributed by atoms with van der Waals surface area (Å²) in [5, 5.41) is 8.18. The van der Waals surface area contributed by atoms with Crippen molar-refractivity contribution >= 4 is 17.7 Å². The lowest BCUT2D eigenvalue weighted by Crippen LogP contribution is -2.09. The number of aliphatic carboxylic acids is 1. The Kier molecular flexibility index (Phi) is 4.75. The van der Waals surface area contributed by atoms with Gasteiger partial charge in [-0.15, -0.1) is 11.8 Å². The first kappa shape index (κ1) is 16.4. The largest absolute Gasteiger partial charge is 0.480 e. The molecule has 1 unspecified atom stereocenters. The second-order valence-electron chi connectivity index (χ2n) is 4.41. The highest BCUT2D eigenvalue weighted by Crippen LogP contribution is 2.37. The summed E-state index contributed by atoms with van der Waals surface area (Å²) in [6.07, 6.45) is -4.47. The van der Waals surface area contributed by atoms with Crippen LogP contribution in [0.15, 0.2) is 53.4 Å². The Morgan fingerprint density at radius 2 is 1.55 bits per heavy atom. The van der Waals surface area contributed by atoms with E-state index >= 15 is 0 Å².